The van der Waals surface area contributed by atoms with Crippen LogP contribution in [0, 0.1) is 23.7 Å². The van der Waals surface area contributed by atoms with Gasteiger partial charge in [-0.2, -0.15) is 0 Å². The first-order valence-corrected chi connectivity index (χ1v) is 11.4. The molecule has 0 aliphatic heterocycles. The smallest absolute Gasteiger partial charge is 0.314 e. The molecule has 0 spiro atoms. The van der Waals surface area contributed by atoms with Crippen LogP contribution < -0.4 is 4.74 Å². The molecule has 2 saturated carbocycles. The lowest BCUT2D eigenvalue weighted by atomic mass is 9.69. The van der Waals surface area contributed by atoms with Crippen molar-refractivity contribution >= 4 is 16.2 Å². The summed E-state index contributed by atoms with van der Waals surface area (Å²) in [6.45, 7) is 2.39. The van der Waals surface area contributed by atoms with Crippen LogP contribution in [0.4, 0.5) is 0 Å². The molecule has 132 valence electrons. The zero-order valence-electron chi connectivity index (χ0n) is 15.3. The molecule has 2 aliphatic carbocycles. The lowest BCUT2D eigenvalue weighted by Gasteiger charge is -2.36. The first-order chi connectivity index (χ1) is 11.7. The first kappa shape index (κ1) is 17.7. The summed E-state index contributed by atoms with van der Waals surface area (Å²) >= 11 is 0. The fraction of sp³-hybridized carbons (Fsp3) is 0.667. The summed E-state index contributed by atoms with van der Waals surface area (Å²) in [4.78, 5) is 12.4. The van der Waals surface area contributed by atoms with Crippen LogP contribution in [-0.2, 0) is 10.8 Å². The van der Waals surface area contributed by atoms with Gasteiger partial charge in [-0.15, -0.1) is 0 Å². The van der Waals surface area contributed by atoms with Crippen molar-refractivity contribution in [3.8, 4) is 5.75 Å². The molecule has 3 rings (SSSR count). The van der Waals surface area contributed by atoms with Crippen LogP contribution in [0.25, 0.3) is 0 Å². The number of hydrogen-bond acceptors (Lipinski definition) is 2. The standard InChI is InChI=1S/C21H32O2Si/c1-15-2-6-17(7-3-15)18-8-10-19(11-9-18)21(22)23-20-12-4-16(14-24)5-13-20/h4-5,12-13,15,17-19H,2-3,6-11,14H2,1,24H3. The maximum atomic E-state index is 12.4. The molecule has 0 aromatic heterocycles. The van der Waals surface area contributed by atoms with E-state index in [0.29, 0.717) is 5.75 Å². The average Bonchev–Trinajstić information content (AvgIpc) is 2.63. The molecule has 0 N–H and O–H groups in total. The van der Waals surface area contributed by atoms with Crippen molar-refractivity contribution in [2.75, 3.05) is 0 Å². The molecule has 0 amide bonds. The Morgan fingerprint density at radius 3 is 2.04 bits per heavy atom. The summed E-state index contributed by atoms with van der Waals surface area (Å²) in [5.74, 6) is 3.51. The SMILES string of the molecule is CC1CCC(C2CCC(C(=O)Oc3ccc(C[SiH3])cc3)CC2)CC1. The Morgan fingerprint density at radius 2 is 1.50 bits per heavy atom. The van der Waals surface area contributed by atoms with Crippen LogP contribution >= 0.6 is 0 Å². The average molecular weight is 345 g/mol. The predicted octanol–water partition coefficient (Wildman–Crippen LogP) is 4.09. The number of hydrogen-bond donors (Lipinski definition) is 0. The van der Waals surface area contributed by atoms with Gasteiger partial charge >= 0.3 is 5.97 Å². The normalized spacial score (nSPS) is 30.9. The summed E-state index contributed by atoms with van der Waals surface area (Å²) in [5, 5.41) is 0. The van der Waals surface area contributed by atoms with Crippen molar-refractivity contribution in [3.05, 3.63) is 29.8 Å². The molecule has 2 nitrogen and oxygen atoms in total. The Kier molecular flexibility index (Phi) is 6.15. The summed E-state index contributed by atoms with van der Waals surface area (Å²) < 4.78 is 5.62. The minimum Gasteiger partial charge on any atom is -0.426 e. The van der Waals surface area contributed by atoms with Gasteiger partial charge in [0.05, 0.1) is 5.92 Å². The lowest BCUT2D eigenvalue weighted by molar-refractivity contribution is -0.140. The molecule has 3 heteroatoms. The molecule has 0 heterocycles. The van der Waals surface area contributed by atoms with Gasteiger partial charge in [-0.25, -0.2) is 0 Å². The molecular formula is C21H32O2Si. The molecule has 0 unspecified atom stereocenters. The highest BCUT2D eigenvalue weighted by molar-refractivity contribution is 6.08. The van der Waals surface area contributed by atoms with Crippen LogP contribution in [0.3, 0.4) is 0 Å². The molecule has 0 atom stereocenters. The van der Waals surface area contributed by atoms with E-state index in [1.165, 1.54) is 54.3 Å². The van der Waals surface area contributed by atoms with E-state index in [1.807, 2.05) is 12.1 Å². The number of rotatable bonds is 4. The fourth-order valence-corrected chi connectivity index (χ4v) is 5.05. The van der Waals surface area contributed by atoms with Crippen LogP contribution in [0.15, 0.2) is 24.3 Å². The Morgan fingerprint density at radius 1 is 0.958 bits per heavy atom. The van der Waals surface area contributed by atoms with Crippen LogP contribution in [0.2, 0.25) is 0 Å². The van der Waals surface area contributed by atoms with E-state index in [9.17, 15) is 4.79 Å². The minimum absolute atomic E-state index is 0.00987. The molecule has 0 bridgehead atoms. The molecule has 1 aromatic carbocycles. The van der Waals surface area contributed by atoms with Crippen molar-refractivity contribution in [2.45, 2.75) is 64.3 Å². The van der Waals surface area contributed by atoms with E-state index in [4.69, 9.17) is 4.74 Å². The first-order valence-electron chi connectivity index (χ1n) is 9.96. The van der Waals surface area contributed by atoms with Gasteiger partial charge in [-0.3, -0.25) is 4.79 Å². The van der Waals surface area contributed by atoms with Gasteiger partial charge in [0, 0.05) is 10.2 Å². The van der Waals surface area contributed by atoms with Crippen molar-refractivity contribution < 1.29 is 9.53 Å². The number of carbonyl (C=O) groups is 1. The predicted molar refractivity (Wildman–Crippen MR) is 102 cm³/mol. The van der Waals surface area contributed by atoms with Gasteiger partial charge in [-0.1, -0.05) is 37.5 Å². The van der Waals surface area contributed by atoms with Gasteiger partial charge in [0.25, 0.3) is 0 Å². The monoisotopic (exact) mass is 344 g/mol. The van der Waals surface area contributed by atoms with E-state index in [0.717, 1.165) is 36.6 Å². The number of esters is 1. The Bertz CT molecular complexity index is 523. The van der Waals surface area contributed by atoms with E-state index in [-0.39, 0.29) is 11.9 Å². The maximum absolute atomic E-state index is 12.4. The zero-order chi connectivity index (χ0) is 16.9. The second-order valence-electron chi connectivity index (χ2n) is 8.05. The number of ether oxygens (including phenoxy) is 1. The lowest BCUT2D eigenvalue weighted by Crippen LogP contribution is -2.29. The van der Waals surface area contributed by atoms with Crippen LogP contribution in [0.1, 0.15) is 63.9 Å². The van der Waals surface area contributed by atoms with Gasteiger partial charge < -0.3 is 4.74 Å². The molecule has 2 fully saturated rings. The highest BCUT2D eigenvalue weighted by Gasteiger charge is 2.33. The maximum Gasteiger partial charge on any atom is 0.314 e. The van der Waals surface area contributed by atoms with Gasteiger partial charge in [0.1, 0.15) is 5.75 Å². The third kappa shape index (κ3) is 4.50. The summed E-state index contributed by atoms with van der Waals surface area (Å²) in [6, 6.07) is 9.20. The van der Waals surface area contributed by atoms with Gasteiger partial charge in [0.15, 0.2) is 0 Å². The van der Waals surface area contributed by atoms with Crippen LogP contribution in [0.5, 0.6) is 5.75 Å². The largest absolute Gasteiger partial charge is 0.426 e. The molecule has 0 radical (unpaired) electrons. The quantitative estimate of drug-likeness (QED) is 0.467. The summed E-state index contributed by atoms with van der Waals surface area (Å²) in [5.41, 5.74) is 1.34. The molecule has 1 aromatic rings. The molecule has 2 aliphatic rings. The number of carbonyl (C=O) groups excluding carboxylic acids is 1. The fourth-order valence-electron chi connectivity index (χ4n) is 4.58. The van der Waals surface area contributed by atoms with Crippen LogP contribution in [-0.4, -0.2) is 16.2 Å². The summed E-state index contributed by atoms with van der Waals surface area (Å²) in [7, 11) is 1.17. The third-order valence-corrected chi connectivity index (χ3v) is 7.20. The Balaban J connectivity index is 1.46. The van der Waals surface area contributed by atoms with Crippen molar-refractivity contribution in [1.29, 1.82) is 0 Å². The van der Waals surface area contributed by atoms with Gasteiger partial charge in [-0.05, 0) is 74.5 Å². The van der Waals surface area contributed by atoms with E-state index in [2.05, 4.69) is 19.1 Å². The van der Waals surface area contributed by atoms with Gasteiger partial charge in [0.2, 0.25) is 0 Å². The Labute approximate surface area is 149 Å². The Hall–Kier alpha value is -1.09. The second-order valence-corrected chi connectivity index (χ2v) is 8.76. The van der Waals surface area contributed by atoms with E-state index >= 15 is 0 Å². The van der Waals surface area contributed by atoms with E-state index < -0.39 is 0 Å². The van der Waals surface area contributed by atoms with Crippen molar-refractivity contribution in [2.24, 2.45) is 23.7 Å². The third-order valence-electron chi connectivity index (χ3n) is 6.38. The zero-order valence-corrected chi connectivity index (χ0v) is 17.3. The number of benzene rings is 1. The van der Waals surface area contributed by atoms with Crippen molar-refractivity contribution in [3.63, 3.8) is 0 Å². The molecular weight excluding hydrogens is 312 g/mol. The summed E-state index contributed by atoms with van der Waals surface area (Å²) in [6.07, 6.45) is 10.1. The van der Waals surface area contributed by atoms with Crippen molar-refractivity contribution in [1.82, 2.24) is 0 Å². The van der Waals surface area contributed by atoms with E-state index in [1.54, 1.807) is 0 Å². The minimum atomic E-state index is -0.00987. The molecule has 24 heavy (non-hydrogen) atoms. The topological polar surface area (TPSA) is 26.3 Å². The highest BCUT2D eigenvalue weighted by atomic mass is 28.1. The second kappa shape index (κ2) is 8.33. The highest BCUT2D eigenvalue weighted by Crippen LogP contribution is 2.41. The molecule has 0 saturated heterocycles.